The van der Waals surface area contributed by atoms with Gasteiger partial charge in [0.15, 0.2) is 0 Å². The molecule has 0 aliphatic heterocycles. The van der Waals surface area contributed by atoms with Gasteiger partial charge < -0.3 is 10.8 Å². The topological polar surface area (TPSA) is 105 Å². The van der Waals surface area contributed by atoms with Crippen molar-refractivity contribution >= 4 is 5.91 Å². The number of carbonyl (C=O) groups is 1. The Bertz CT molecular complexity index is 1060. The SMILES string of the molecule is CCCC.Cc1nn(Cc2ccc(C(N)=O)cc2)c(C)c1-c1ccc(C#N)c(O)c1. The van der Waals surface area contributed by atoms with Crippen LogP contribution >= 0.6 is 0 Å². The predicted octanol–water partition coefficient (Wildman–Crippen LogP) is 4.70. The van der Waals surface area contributed by atoms with Crippen LogP contribution in [-0.4, -0.2) is 20.8 Å². The van der Waals surface area contributed by atoms with E-state index in [0.29, 0.717) is 12.1 Å². The first-order valence-corrected chi connectivity index (χ1v) is 9.98. The maximum Gasteiger partial charge on any atom is 0.248 e. The minimum atomic E-state index is -0.453. The molecule has 3 aromatic rings. The fraction of sp³-hybridized carbons (Fsp3) is 0.292. The Morgan fingerprint density at radius 2 is 1.77 bits per heavy atom. The zero-order valence-electron chi connectivity index (χ0n) is 17.9. The molecule has 3 N–H and O–H groups in total. The van der Waals surface area contributed by atoms with Crippen LogP contribution in [0.2, 0.25) is 0 Å². The van der Waals surface area contributed by atoms with E-state index < -0.39 is 5.91 Å². The molecule has 0 saturated carbocycles. The molecule has 0 atom stereocenters. The summed E-state index contributed by atoms with van der Waals surface area (Å²) in [6.07, 6.45) is 2.64. The van der Waals surface area contributed by atoms with Crippen LogP contribution in [0.1, 0.15) is 59.6 Å². The van der Waals surface area contributed by atoms with Crippen LogP contribution in [-0.2, 0) is 6.54 Å². The Morgan fingerprint density at radius 3 is 2.27 bits per heavy atom. The molecule has 3 rings (SSSR count). The second kappa shape index (κ2) is 10.3. The molecule has 0 bridgehead atoms. The molecule has 0 unspecified atom stereocenters. The van der Waals surface area contributed by atoms with Crippen molar-refractivity contribution < 1.29 is 9.90 Å². The number of nitrogens with zero attached hydrogens (tertiary/aromatic N) is 3. The lowest BCUT2D eigenvalue weighted by atomic mass is 10.0. The van der Waals surface area contributed by atoms with Crippen LogP contribution < -0.4 is 5.73 Å². The molecule has 0 aliphatic rings. The van der Waals surface area contributed by atoms with Gasteiger partial charge in [0, 0.05) is 16.8 Å². The molecule has 156 valence electrons. The van der Waals surface area contributed by atoms with Crippen LogP contribution in [0, 0.1) is 25.2 Å². The number of aromatic nitrogens is 2. The van der Waals surface area contributed by atoms with Crippen molar-refractivity contribution in [2.75, 3.05) is 0 Å². The number of carbonyl (C=O) groups excluding carboxylic acids is 1. The Morgan fingerprint density at radius 1 is 1.13 bits per heavy atom. The van der Waals surface area contributed by atoms with Crippen molar-refractivity contribution in [2.45, 2.75) is 47.1 Å². The second-order valence-corrected chi connectivity index (χ2v) is 7.11. The number of phenolic OH excluding ortho intramolecular Hbond substituents is 1. The van der Waals surface area contributed by atoms with Crippen LogP contribution in [0.5, 0.6) is 5.75 Å². The standard InChI is InChI=1S/C20H18N4O2.C4H10/c1-12-19(16-7-8-17(10-21)18(25)9-16)13(2)24(23-12)11-14-3-5-15(6-4-14)20(22)26;1-3-4-2/h3-9,25H,11H2,1-2H3,(H2,22,26);3-4H2,1-2H3. The summed E-state index contributed by atoms with van der Waals surface area (Å²) in [6.45, 7) is 8.78. The molecule has 0 saturated heterocycles. The highest BCUT2D eigenvalue weighted by Crippen LogP contribution is 2.31. The highest BCUT2D eigenvalue weighted by molar-refractivity contribution is 5.92. The zero-order chi connectivity index (χ0) is 22.3. The molecular weight excluding hydrogens is 376 g/mol. The first-order valence-electron chi connectivity index (χ1n) is 9.98. The van der Waals surface area contributed by atoms with Crippen molar-refractivity contribution in [3.63, 3.8) is 0 Å². The lowest BCUT2D eigenvalue weighted by molar-refractivity contribution is 0.100. The first kappa shape index (κ1) is 22.7. The summed E-state index contributed by atoms with van der Waals surface area (Å²) in [5.74, 6) is -0.496. The summed E-state index contributed by atoms with van der Waals surface area (Å²) in [4.78, 5) is 11.2. The third-order valence-corrected chi connectivity index (χ3v) is 4.86. The molecule has 0 fully saturated rings. The van der Waals surface area contributed by atoms with Gasteiger partial charge in [0.25, 0.3) is 0 Å². The van der Waals surface area contributed by atoms with E-state index in [9.17, 15) is 9.90 Å². The highest BCUT2D eigenvalue weighted by atomic mass is 16.3. The van der Waals surface area contributed by atoms with E-state index in [1.807, 2.05) is 36.7 Å². The van der Waals surface area contributed by atoms with Crippen molar-refractivity contribution in [1.82, 2.24) is 9.78 Å². The van der Waals surface area contributed by atoms with Gasteiger partial charge in [-0.25, -0.2) is 0 Å². The monoisotopic (exact) mass is 404 g/mol. The fourth-order valence-corrected chi connectivity index (χ4v) is 3.00. The van der Waals surface area contributed by atoms with Crippen molar-refractivity contribution in [1.29, 1.82) is 5.26 Å². The summed E-state index contributed by atoms with van der Waals surface area (Å²) in [5.41, 5.74) is 10.5. The Balaban J connectivity index is 0.000000735. The van der Waals surface area contributed by atoms with E-state index in [1.165, 1.54) is 12.8 Å². The number of amides is 1. The maximum atomic E-state index is 11.2. The number of nitrogens with two attached hydrogens (primary N) is 1. The summed E-state index contributed by atoms with van der Waals surface area (Å²) < 4.78 is 1.87. The number of hydrogen-bond donors (Lipinski definition) is 2. The largest absolute Gasteiger partial charge is 0.507 e. The molecule has 0 spiro atoms. The highest BCUT2D eigenvalue weighted by Gasteiger charge is 2.15. The third-order valence-electron chi connectivity index (χ3n) is 4.86. The molecule has 1 aromatic heterocycles. The summed E-state index contributed by atoms with van der Waals surface area (Å²) in [5, 5.41) is 23.5. The Kier molecular flexibility index (Phi) is 7.76. The van der Waals surface area contributed by atoms with Crippen molar-refractivity contribution in [3.8, 4) is 22.9 Å². The molecule has 2 aromatic carbocycles. The van der Waals surface area contributed by atoms with Gasteiger partial charge in [-0.05, 0) is 49.2 Å². The van der Waals surface area contributed by atoms with Crippen molar-refractivity contribution in [2.24, 2.45) is 5.73 Å². The molecule has 30 heavy (non-hydrogen) atoms. The zero-order valence-corrected chi connectivity index (χ0v) is 17.9. The fourth-order valence-electron chi connectivity index (χ4n) is 3.00. The lowest BCUT2D eigenvalue weighted by Gasteiger charge is -2.07. The summed E-state index contributed by atoms with van der Waals surface area (Å²) in [7, 11) is 0. The minimum Gasteiger partial charge on any atom is -0.507 e. The molecular formula is C24H28N4O2. The number of aromatic hydroxyl groups is 1. The summed E-state index contributed by atoms with van der Waals surface area (Å²) in [6, 6.07) is 14.0. The number of benzene rings is 2. The van der Waals surface area contributed by atoms with Gasteiger partial charge in [0.1, 0.15) is 11.8 Å². The quantitative estimate of drug-likeness (QED) is 0.643. The van der Waals surface area contributed by atoms with Gasteiger partial charge in [0.2, 0.25) is 5.91 Å². The number of rotatable bonds is 5. The van der Waals surface area contributed by atoms with Gasteiger partial charge in [-0.3, -0.25) is 9.48 Å². The van der Waals surface area contributed by atoms with Gasteiger partial charge >= 0.3 is 0 Å². The minimum absolute atomic E-state index is 0.0430. The van der Waals surface area contributed by atoms with Crippen LogP contribution in [0.25, 0.3) is 11.1 Å². The normalized spacial score (nSPS) is 10.1. The van der Waals surface area contributed by atoms with Crippen LogP contribution in [0.15, 0.2) is 42.5 Å². The Hall–Kier alpha value is -3.59. The van der Waals surface area contributed by atoms with Crippen LogP contribution in [0.4, 0.5) is 0 Å². The van der Waals surface area contributed by atoms with E-state index in [2.05, 4.69) is 18.9 Å². The average Bonchev–Trinajstić information content (AvgIpc) is 3.01. The number of hydrogen-bond acceptors (Lipinski definition) is 4. The molecule has 6 heteroatoms. The van der Waals surface area contributed by atoms with Gasteiger partial charge in [-0.15, -0.1) is 0 Å². The number of phenols is 1. The third kappa shape index (κ3) is 5.26. The van der Waals surface area contributed by atoms with Gasteiger partial charge in [-0.2, -0.15) is 10.4 Å². The summed E-state index contributed by atoms with van der Waals surface area (Å²) >= 11 is 0. The number of primary amides is 1. The average molecular weight is 405 g/mol. The van der Waals surface area contributed by atoms with E-state index in [4.69, 9.17) is 11.0 Å². The molecule has 1 amide bonds. The number of unbranched alkanes of at least 4 members (excludes halogenated alkanes) is 1. The smallest absolute Gasteiger partial charge is 0.248 e. The van der Waals surface area contributed by atoms with E-state index in [1.54, 1.807) is 30.3 Å². The predicted molar refractivity (Wildman–Crippen MR) is 118 cm³/mol. The molecule has 0 aliphatic carbocycles. The van der Waals surface area contributed by atoms with E-state index in [-0.39, 0.29) is 11.3 Å². The lowest BCUT2D eigenvalue weighted by Crippen LogP contribution is -2.11. The molecule has 1 heterocycles. The second-order valence-electron chi connectivity index (χ2n) is 7.11. The number of nitriles is 1. The maximum absolute atomic E-state index is 11.2. The van der Waals surface area contributed by atoms with Crippen molar-refractivity contribution in [3.05, 3.63) is 70.5 Å². The Labute approximate surface area is 177 Å². The molecule has 0 radical (unpaired) electrons. The first-order chi connectivity index (χ1) is 14.3. The van der Waals surface area contributed by atoms with E-state index >= 15 is 0 Å². The van der Waals surface area contributed by atoms with Crippen LogP contribution in [0.3, 0.4) is 0 Å². The van der Waals surface area contributed by atoms with Gasteiger partial charge in [-0.1, -0.05) is 44.9 Å². The van der Waals surface area contributed by atoms with Gasteiger partial charge in [0.05, 0.1) is 17.8 Å². The molecule has 6 nitrogen and oxygen atoms in total. The number of aryl methyl sites for hydroxylation is 1. The van der Waals surface area contributed by atoms with E-state index in [0.717, 1.165) is 28.1 Å².